The third-order valence-corrected chi connectivity index (χ3v) is 3.47. The van der Waals surface area contributed by atoms with Crippen molar-refractivity contribution in [2.24, 2.45) is 0 Å². The highest BCUT2D eigenvalue weighted by atomic mass is 16.4. The maximum absolute atomic E-state index is 12.0. The minimum Gasteiger partial charge on any atom is -0.480 e. The molecule has 0 aromatic carbocycles. The first kappa shape index (κ1) is 17.2. The molecular formula is C15H25N3O3. The maximum Gasteiger partial charge on any atom is 0.323 e. The van der Waals surface area contributed by atoms with Crippen LogP contribution in [-0.2, 0) is 11.3 Å². The van der Waals surface area contributed by atoms with E-state index in [-0.39, 0.29) is 12.5 Å². The smallest absolute Gasteiger partial charge is 0.323 e. The van der Waals surface area contributed by atoms with E-state index in [0.29, 0.717) is 18.3 Å². The Morgan fingerprint density at radius 3 is 2.71 bits per heavy atom. The summed E-state index contributed by atoms with van der Waals surface area (Å²) in [5.41, 5.74) is 0.386. The molecule has 0 saturated heterocycles. The first-order valence-corrected chi connectivity index (χ1v) is 7.27. The fourth-order valence-corrected chi connectivity index (χ4v) is 1.94. The molecule has 6 heteroatoms. The Hall–Kier alpha value is -1.82. The minimum atomic E-state index is -0.961. The molecule has 0 radical (unpaired) electrons. The van der Waals surface area contributed by atoms with E-state index in [1.54, 1.807) is 18.3 Å². The molecule has 0 atom stereocenters. The van der Waals surface area contributed by atoms with E-state index in [9.17, 15) is 9.59 Å². The van der Waals surface area contributed by atoms with Crippen LogP contribution in [0.25, 0.3) is 0 Å². The molecule has 1 heterocycles. The van der Waals surface area contributed by atoms with Crippen LogP contribution in [0.15, 0.2) is 18.3 Å². The van der Waals surface area contributed by atoms with E-state index in [1.165, 1.54) is 4.57 Å². The molecular weight excluding hydrogens is 270 g/mol. The lowest BCUT2D eigenvalue weighted by atomic mass is 10.2. The summed E-state index contributed by atoms with van der Waals surface area (Å²) in [6.07, 6.45) is 3.52. The third-order valence-electron chi connectivity index (χ3n) is 3.47. The Bertz CT molecular complexity index is 468. The van der Waals surface area contributed by atoms with Crippen molar-refractivity contribution in [1.29, 1.82) is 0 Å². The predicted molar refractivity (Wildman–Crippen MR) is 81.4 cm³/mol. The van der Waals surface area contributed by atoms with Gasteiger partial charge < -0.3 is 19.9 Å². The Kier molecular flexibility index (Phi) is 6.94. The molecule has 1 aromatic heterocycles. The fourth-order valence-electron chi connectivity index (χ4n) is 1.94. The summed E-state index contributed by atoms with van der Waals surface area (Å²) >= 11 is 0. The summed E-state index contributed by atoms with van der Waals surface area (Å²) in [6.45, 7) is 5.71. The Morgan fingerprint density at radius 2 is 2.10 bits per heavy atom. The number of unbranched alkanes of at least 4 members (excludes halogenated alkanes) is 1. The number of carboxylic acids is 1. The molecule has 0 unspecified atom stereocenters. The number of nitrogens with zero attached hydrogens (tertiary/aromatic N) is 2. The van der Waals surface area contributed by atoms with Gasteiger partial charge in [-0.15, -0.1) is 0 Å². The molecule has 0 fully saturated rings. The molecule has 6 nitrogen and oxygen atoms in total. The van der Waals surface area contributed by atoms with Gasteiger partial charge in [0.25, 0.3) is 5.91 Å². The molecule has 0 aliphatic rings. The quantitative estimate of drug-likeness (QED) is 0.676. The van der Waals surface area contributed by atoms with Crippen molar-refractivity contribution in [1.82, 2.24) is 14.8 Å². The monoisotopic (exact) mass is 295 g/mol. The number of carboxylic acid groups (broad SMARTS) is 1. The van der Waals surface area contributed by atoms with Gasteiger partial charge in [-0.05, 0) is 52.4 Å². The van der Waals surface area contributed by atoms with Crippen molar-refractivity contribution in [3.05, 3.63) is 24.0 Å². The van der Waals surface area contributed by atoms with Crippen LogP contribution in [0.3, 0.4) is 0 Å². The highest BCUT2D eigenvalue weighted by Gasteiger charge is 2.12. The molecule has 0 aliphatic heterocycles. The van der Waals surface area contributed by atoms with E-state index in [1.807, 2.05) is 0 Å². The number of aromatic nitrogens is 1. The molecule has 1 rings (SSSR count). The van der Waals surface area contributed by atoms with Crippen LogP contribution in [0.4, 0.5) is 0 Å². The normalized spacial score (nSPS) is 11.1. The topological polar surface area (TPSA) is 74.6 Å². The van der Waals surface area contributed by atoms with Gasteiger partial charge >= 0.3 is 5.97 Å². The second-order valence-corrected chi connectivity index (χ2v) is 5.45. The van der Waals surface area contributed by atoms with Crippen LogP contribution in [0.5, 0.6) is 0 Å². The number of hydrogen-bond donors (Lipinski definition) is 2. The number of hydrogen-bond acceptors (Lipinski definition) is 3. The van der Waals surface area contributed by atoms with Gasteiger partial charge in [-0.25, -0.2) is 0 Å². The van der Waals surface area contributed by atoms with Crippen molar-refractivity contribution in [3.63, 3.8) is 0 Å². The average molecular weight is 295 g/mol. The Morgan fingerprint density at radius 1 is 1.38 bits per heavy atom. The summed E-state index contributed by atoms with van der Waals surface area (Å²) in [6, 6.07) is 3.83. The summed E-state index contributed by atoms with van der Waals surface area (Å²) in [7, 11) is 2.09. The van der Waals surface area contributed by atoms with Crippen LogP contribution in [-0.4, -0.2) is 52.6 Å². The number of carbonyl (C=O) groups excluding carboxylic acids is 1. The Labute approximate surface area is 125 Å². The van der Waals surface area contributed by atoms with E-state index < -0.39 is 5.97 Å². The molecule has 0 saturated carbocycles. The van der Waals surface area contributed by atoms with Crippen molar-refractivity contribution in [2.75, 3.05) is 20.1 Å². The van der Waals surface area contributed by atoms with Gasteiger partial charge in [0.15, 0.2) is 0 Å². The first-order chi connectivity index (χ1) is 9.91. The maximum atomic E-state index is 12.0. The highest BCUT2D eigenvalue weighted by Crippen LogP contribution is 2.03. The van der Waals surface area contributed by atoms with Crippen molar-refractivity contribution >= 4 is 11.9 Å². The van der Waals surface area contributed by atoms with Crippen molar-refractivity contribution in [2.45, 2.75) is 39.3 Å². The second-order valence-electron chi connectivity index (χ2n) is 5.45. The largest absolute Gasteiger partial charge is 0.480 e. The zero-order chi connectivity index (χ0) is 15.8. The van der Waals surface area contributed by atoms with Crippen LogP contribution in [0.1, 0.15) is 37.2 Å². The number of amides is 1. The van der Waals surface area contributed by atoms with E-state index >= 15 is 0 Å². The lowest BCUT2D eigenvalue weighted by molar-refractivity contribution is -0.137. The van der Waals surface area contributed by atoms with Gasteiger partial charge in [0.2, 0.25) is 0 Å². The number of carbonyl (C=O) groups is 2. The number of rotatable bonds is 9. The first-order valence-electron chi connectivity index (χ1n) is 7.27. The van der Waals surface area contributed by atoms with Gasteiger partial charge in [-0.3, -0.25) is 9.59 Å². The second kappa shape index (κ2) is 8.46. The van der Waals surface area contributed by atoms with Crippen LogP contribution in [0.2, 0.25) is 0 Å². The highest BCUT2D eigenvalue weighted by molar-refractivity contribution is 5.93. The fraction of sp³-hybridized carbons (Fsp3) is 0.600. The molecule has 1 aromatic rings. The molecule has 2 N–H and O–H groups in total. The molecule has 1 amide bonds. The van der Waals surface area contributed by atoms with Gasteiger partial charge in [-0.1, -0.05) is 0 Å². The number of nitrogens with one attached hydrogen (secondary N) is 1. The van der Waals surface area contributed by atoms with Crippen molar-refractivity contribution in [3.8, 4) is 0 Å². The SMILES string of the molecule is CC(C)N(C)CCCCNC(=O)c1cccn1CC(=O)O. The molecule has 0 spiro atoms. The van der Waals surface area contributed by atoms with Crippen LogP contribution in [0, 0.1) is 0 Å². The van der Waals surface area contributed by atoms with Crippen molar-refractivity contribution < 1.29 is 14.7 Å². The van der Waals surface area contributed by atoms with Gasteiger partial charge in [0.1, 0.15) is 12.2 Å². The summed E-state index contributed by atoms with van der Waals surface area (Å²) < 4.78 is 1.43. The van der Waals surface area contributed by atoms with Crippen LogP contribution < -0.4 is 5.32 Å². The number of aliphatic carboxylic acids is 1. The summed E-state index contributed by atoms with van der Waals surface area (Å²) in [5, 5.41) is 11.6. The van der Waals surface area contributed by atoms with Gasteiger partial charge in [0, 0.05) is 18.8 Å². The standard InChI is InChI=1S/C15H25N3O3/c1-12(2)17(3)9-5-4-8-16-15(21)13-7-6-10-18(13)11-14(19)20/h6-7,10,12H,4-5,8-9,11H2,1-3H3,(H,16,21)(H,19,20). The summed E-state index contributed by atoms with van der Waals surface area (Å²) in [5.74, 6) is -1.18. The molecule has 21 heavy (non-hydrogen) atoms. The Balaban J connectivity index is 2.31. The zero-order valence-corrected chi connectivity index (χ0v) is 13.0. The minimum absolute atomic E-state index is 0.199. The molecule has 0 aliphatic carbocycles. The lowest BCUT2D eigenvalue weighted by Gasteiger charge is -2.20. The third kappa shape index (κ3) is 5.99. The van der Waals surface area contributed by atoms with E-state index in [2.05, 4.69) is 31.1 Å². The summed E-state index contributed by atoms with van der Waals surface area (Å²) in [4.78, 5) is 24.9. The van der Waals surface area contributed by atoms with Gasteiger partial charge in [0.05, 0.1) is 0 Å². The molecule has 0 bridgehead atoms. The van der Waals surface area contributed by atoms with E-state index in [4.69, 9.17) is 5.11 Å². The zero-order valence-electron chi connectivity index (χ0n) is 13.0. The lowest BCUT2D eigenvalue weighted by Crippen LogP contribution is -2.30. The average Bonchev–Trinajstić information content (AvgIpc) is 2.85. The van der Waals surface area contributed by atoms with E-state index in [0.717, 1.165) is 19.4 Å². The predicted octanol–water partition coefficient (Wildman–Crippen LogP) is 1.42. The van der Waals surface area contributed by atoms with Crippen LogP contribution >= 0.6 is 0 Å². The molecule has 118 valence electrons. The van der Waals surface area contributed by atoms with Gasteiger partial charge in [-0.2, -0.15) is 0 Å².